The predicted octanol–water partition coefficient (Wildman–Crippen LogP) is 0.770. The Morgan fingerprint density at radius 1 is 1.53 bits per heavy atom. The molecule has 0 aromatic carbocycles. The molecule has 0 saturated heterocycles. The number of hydrogen-bond acceptors (Lipinski definition) is 3. The van der Waals surface area contributed by atoms with Gasteiger partial charge < -0.3 is 10.2 Å². The second kappa shape index (κ2) is 5.88. The number of nitrogens with one attached hydrogen (secondary N) is 1. The van der Waals surface area contributed by atoms with E-state index in [1.54, 1.807) is 0 Å². The molecule has 1 heterocycles. The van der Waals surface area contributed by atoms with Gasteiger partial charge >= 0.3 is 0 Å². The molecular weight excluding hydrogens is 188 g/mol. The molecule has 0 atom stereocenters. The molecule has 4 nitrogen and oxygen atoms in total. The normalized spacial score (nSPS) is 11.3. The maximum atomic E-state index is 4.33. The maximum Gasteiger partial charge on any atom is 0.0638 e. The minimum atomic E-state index is 0.977. The summed E-state index contributed by atoms with van der Waals surface area (Å²) in [7, 11) is 4.11. The van der Waals surface area contributed by atoms with E-state index in [9.17, 15) is 0 Å². The molecule has 0 aliphatic carbocycles. The van der Waals surface area contributed by atoms with Crippen LogP contribution in [0, 0.1) is 6.92 Å². The van der Waals surface area contributed by atoms with Gasteiger partial charge in [-0.3, -0.25) is 4.68 Å². The lowest BCUT2D eigenvalue weighted by Crippen LogP contribution is -2.28. The first-order chi connectivity index (χ1) is 7.13. The van der Waals surface area contributed by atoms with Crippen molar-refractivity contribution in [2.45, 2.75) is 20.4 Å². The highest BCUT2D eigenvalue weighted by atomic mass is 15.3. The van der Waals surface area contributed by atoms with Crippen molar-refractivity contribution < 1.29 is 0 Å². The van der Waals surface area contributed by atoms with Crippen molar-refractivity contribution >= 4 is 0 Å². The standard InChI is InChI=1S/C11H22N4/c1-5-12-6-7-14(3)8-11-9-15(4)13-10(11)2/h9,12H,5-8H2,1-4H3. The highest BCUT2D eigenvalue weighted by Gasteiger charge is 2.05. The molecule has 1 rings (SSSR count). The van der Waals surface area contributed by atoms with Crippen molar-refractivity contribution in [3.05, 3.63) is 17.5 Å². The Labute approximate surface area is 92.3 Å². The zero-order chi connectivity index (χ0) is 11.3. The molecule has 0 spiro atoms. The summed E-state index contributed by atoms with van der Waals surface area (Å²) in [5, 5.41) is 7.66. The molecule has 15 heavy (non-hydrogen) atoms. The second-order valence-corrected chi connectivity index (χ2v) is 4.00. The molecule has 1 N–H and O–H groups in total. The lowest BCUT2D eigenvalue weighted by molar-refractivity contribution is 0.325. The van der Waals surface area contributed by atoms with Gasteiger partial charge in [0.25, 0.3) is 0 Å². The van der Waals surface area contributed by atoms with Crippen molar-refractivity contribution in [2.24, 2.45) is 7.05 Å². The molecule has 0 aliphatic rings. The Morgan fingerprint density at radius 2 is 2.27 bits per heavy atom. The number of nitrogens with zero attached hydrogens (tertiary/aromatic N) is 3. The molecule has 0 unspecified atom stereocenters. The minimum Gasteiger partial charge on any atom is -0.316 e. The van der Waals surface area contributed by atoms with Crippen LogP contribution in [0.25, 0.3) is 0 Å². The van der Waals surface area contributed by atoms with Crippen molar-refractivity contribution in [1.29, 1.82) is 0 Å². The third kappa shape index (κ3) is 4.01. The molecule has 0 amide bonds. The van der Waals surface area contributed by atoms with Crippen LogP contribution < -0.4 is 5.32 Å². The molecule has 0 fully saturated rings. The van der Waals surface area contributed by atoms with Gasteiger partial charge in [0.15, 0.2) is 0 Å². The molecule has 86 valence electrons. The SMILES string of the molecule is CCNCCN(C)Cc1cn(C)nc1C. The molecule has 4 heteroatoms. The Morgan fingerprint density at radius 3 is 2.80 bits per heavy atom. The van der Waals surface area contributed by atoms with Gasteiger partial charge in [0, 0.05) is 38.4 Å². The average molecular weight is 210 g/mol. The van der Waals surface area contributed by atoms with E-state index in [-0.39, 0.29) is 0 Å². The van der Waals surface area contributed by atoms with E-state index in [4.69, 9.17) is 0 Å². The maximum absolute atomic E-state index is 4.33. The summed E-state index contributed by atoms with van der Waals surface area (Å²) in [5.74, 6) is 0. The number of likely N-dealkylation sites (N-methyl/N-ethyl adjacent to an activating group) is 2. The van der Waals surface area contributed by atoms with Crippen molar-refractivity contribution in [1.82, 2.24) is 20.0 Å². The number of aromatic nitrogens is 2. The highest BCUT2D eigenvalue weighted by Crippen LogP contribution is 2.06. The van der Waals surface area contributed by atoms with Crippen LogP contribution in [-0.4, -0.2) is 41.4 Å². The fourth-order valence-corrected chi connectivity index (χ4v) is 1.62. The zero-order valence-electron chi connectivity index (χ0n) is 10.2. The zero-order valence-corrected chi connectivity index (χ0v) is 10.2. The summed E-state index contributed by atoms with van der Waals surface area (Å²) < 4.78 is 1.88. The van der Waals surface area contributed by atoms with Gasteiger partial charge in [-0.25, -0.2) is 0 Å². The largest absolute Gasteiger partial charge is 0.316 e. The molecular formula is C11H22N4. The molecule has 1 aromatic heterocycles. The highest BCUT2D eigenvalue weighted by molar-refractivity contribution is 5.14. The summed E-state index contributed by atoms with van der Waals surface area (Å²) >= 11 is 0. The molecule has 0 aliphatic heterocycles. The summed E-state index contributed by atoms with van der Waals surface area (Å²) in [6.45, 7) is 8.33. The van der Waals surface area contributed by atoms with Crippen LogP contribution in [0.4, 0.5) is 0 Å². The van der Waals surface area contributed by atoms with Gasteiger partial charge in [0.2, 0.25) is 0 Å². The fourth-order valence-electron chi connectivity index (χ4n) is 1.62. The lowest BCUT2D eigenvalue weighted by atomic mass is 10.2. The van der Waals surface area contributed by atoms with E-state index in [1.165, 1.54) is 5.56 Å². The van der Waals surface area contributed by atoms with Gasteiger partial charge in [-0.15, -0.1) is 0 Å². The Kier molecular flexibility index (Phi) is 4.78. The third-order valence-corrected chi connectivity index (χ3v) is 2.48. The van der Waals surface area contributed by atoms with Crippen molar-refractivity contribution in [3.63, 3.8) is 0 Å². The quantitative estimate of drug-likeness (QED) is 0.704. The Hall–Kier alpha value is -0.870. The van der Waals surface area contributed by atoms with E-state index in [0.717, 1.165) is 31.9 Å². The second-order valence-electron chi connectivity index (χ2n) is 4.00. The summed E-state index contributed by atoms with van der Waals surface area (Å²) in [4.78, 5) is 2.31. The third-order valence-electron chi connectivity index (χ3n) is 2.48. The minimum absolute atomic E-state index is 0.977. The predicted molar refractivity (Wildman–Crippen MR) is 62.8 cm³/mol. The topological polar surface area (TPSA) is 33.1 Å². The van der Waals surface area contributed by atoms with E-state index in [0.29, 0.717) is 0 Å². The monoisotopic (exact) mass is 210 g/mol. The first-order valence-electron chi connectivity index (χ1n) is 5.52. The van der Waals surface area contributed by atoms with Gasteiger partial charge in [-0.05, 0) is 20.5 Å². The van der Waals surface area contributed by atoms with E-state index in [2.05, 4.69) is 42.4 Å². The van der Waals surface area contributed by atoms with Gasteiger partial charge in [0.1, 0.15) is 0 Å². The van der Waals surface area contributed by atoms with E-state index in [1.807, 2.05) is 11.7 Å². The number of aryl methyl sites for hydroxylation is 2. The first-order valence-corrected chi connectivity index (χ1v) is 5.52. The van der Waals surface area contributed by atoms with Crippen LogP contribution in [0.3, 0.4) is 0 Å². The van der Waals surface area contributed by atoms with Crippen LogP contribution in [-0.2, 0) is 13.6 Å². The van der Waals surface area contributed by atoms with Gasteiger partial charge in [-0.2, -0.15) is 5.10 Å². The fraction of sp³-hybridized carbons (Fsp3) is 0.727. The molecule has 1 aromatic rings. The smallest absolute Gasteiger partial charge is 0.0638 e. The molecule has 0 bridgehead atoms. The summed E-state index contributed by atoms with van der Waals surface area (Å²) in [5.41, 5.74) is 2.45. The van der Waals surface area contributed by atoms with E-state index >= 15 is 0 Å². The molecule has 0 radical (unpaired) electrons. The van der Waals surface area contributed by atoms with Crippen molar-refractivity contribution in [3.8, 4) is 0 Å². The summed E-state index contributed by atoms with van der Waals surface area (Å²) in [6.07, 6.45) is 2.10. The number of rotatable bonds is 6. The van der Waals surface area contributed by atoms with Crippen LogP contribution >= 0.6 is 0 Å². The Balaban J connectivity index is 2.37. The van der Waals surface area contributed by atoms with Crippen LogP contribution in [0.5, 0.6) is 0 Å². The average Bonchev–Trinajstić information content (AvgIpc) is 2.45. The van der Waals surface area contributed by atoms with Crippen molar-refractivity contribution in [2.75, 3.05) is 26.7 Å². The van der Waals surface area contributed by atoms with E-state index < -0.39 is 0 Å². The Bertz CT molecular complexity index is 293. The van der Waals surface area contributed by atoms with Gasteiger partial charge in [-0.1, -0.05) is 6.92 Å². The summed E-state index contributed by atoms with van der Waals surface area (Å²) in [6, 6.07) is 0. The van der Waals surface area contributed by atoms with Crippen LogP contribution in [0.15, 0.2) is 6.20 Å². The van der Waals surface area contributed by atoms with Crippen LogP contribution in [0.2, 0.25) is 0 Å². The first kappa shape index (κ1) is 12.2. The number of hydrogen-bond donors (Lipinski definition) is 1. The van der Waals surface area contributed by atoms with Gasteiger partial charge in [0.05, 0.1) is 5.69 Å². The van der Waals surface area contributed by atoms with Crippen LogP contribution in [0.1, 0.15) is 18.2 Å². The lowest BCUT2D eigenvalue weighted by Gasteiger charge is -2.15. The molecule has 0 saturated carbocycles.